The lowest BCUT2D eigenvalue weighted by atomic mass is 9.93. The van der Waals surface area contributed by atoms with Crippen LogP contribution >= 0.6 is 0 Å². The molecule has 1 amide bonds. The van der Waals surface area contributed by atoms with Crippen LogP contribution in [0.15, 0.2) is 72.3 Å². The first-order valence-corrected chi connectivity index (χ1v) is 10.1. The first-order valence-electron chi connectivity index (χ1n) is 10.1. The van der Waals surface area contributed by atoms with E-state index >= 15 is 0 Å². The number of aromatic hydroxyl groups is 1. The molecule has 0 aromatic heterocycles. The van der Waals surface area contributed by atoms with Crippen molar-refractivity contribution in [3.63, 3.8) is 0 Å². The number of aliphatic hydroxyl groups excluding tert-OH is 1. The number of rotatable bonds is 6. The van der Waals surface area contributed by atoms with Crippen LogP contribution in [0.5, 0.6) is 5.75 Å². The standard InChI is InChI=1S/C25H23NO5/c1-31-15-5-14-26-22(17-10-12-18(27)13-11-17)21(24(29)25(26)30)23(28)20-9-4-7-16-6-2-3-8-19(16)20/h2-4,6-13,22,27-28H,5,14-15H2,1H3/b23-21-. The molecule has 6 heteroatoms. The quantitative estimate of drug-likeness (QED) is 0.274. The number of ether oxygens (including phenoxy) is 1. The molecule has 158 valence electrons. The van der Waals surface area contributed by atoms with E-state index in [2.05, 4.69) is 0 Å². The molecule has 6 nitrogen and oxygen atoms in total. The lowest BCUT2D eigenvalue weighted by molar-refractivity contribution is -0.140. The number of nitrogens with zero attached hydrogens (tertiary/aromatic N) is 1. The fourth-order valence-electron chi connectivity index (χ4n) is 4.07. The number of hydrogen-bond acceptors (Lipinski definition) is 5. The molecule has 2 N–H and O–H groups in total. The van der Waals surface area contributed by atoms with E-state index in [-0.39, 0.29) is 17.1 Å². The maximum Gasteiger partial charge on any atom is 0.295 e. The topological polar surface area (TPSA) is 87.1 Å². The van der Waals surface area contributed by atoms with Crippen molar-refractivity contribution >= 4 is 28.2 Å². The number of phenols is 1. The number of aliphatic hydroxyl groups is 1. The van der Waals surface area contributed by atoms with Crippen LogP contribution in [0.1, 0.15) is 23.6 Å². The molecule has 3 aromatic carbocycles. The van der Waals surface area contributed by atoms with E-state index in [1.165, 1.54) is 17.0 Å². The Morgan fingerprint density at radius 3 is 2.45 bits per heavy atom. The highest BCUT2D eigenvalue weighted by molar-refractivity contribution is 6.46. The van der Waals surface area contributed by atoms with Crippen molar-refractivity contribution in [1.29, 1.82) is 0 Å². The molecular weight excluding hydrogens is 394 g/mol. The minimum Gasteiger partial charge on any atom is -0.508 e. The lowest BCUT2D eigenvalue weighted by Crippen LogP contribution is -2.31. The molecule has 0 saturated carbocycles. The molecule has 0 aliphatic carbocycles. The molecule has 31 heavy (non-hydrogen) atoms. The van der Waals surface area contributed by atoms with Crippen molar-refractivity contribution in [3.05, 3.63) is 83.4 Å². The number of fused-ring (bicyclic) bond motifs is 1. The number of amides is 1. The Morgan fingerprint density at radius 1 is 1.00 bits per heavy atom. The number of Topliss-reactive ketones (excluding diaryl/α,β-unsaturated/α-hetero) is 1. The first kappa shape index (κ1) is 20.6. The maximum atomic E-state index is 13.1. The third kappa shape index (κ3) is 3.78. The second-order valence-electron chi connectivity index (χ2n) is 7.46. The van der Waals surface area contributed by atoms with Gasteiger partial charge in [-0.1, -0.05) is 54.6 Å². The summed E-state index contributed by atoms with van der Waals surface area (Å²) in [6, 6.07) is 18.6. The Kier molecular flexibility index (Phi) is 5.73. The normalized spacial score (nSPS) is 18.1. The fourth-order valence-corrected chi connectivity index (χ4v) is 4.07. The molecule has 0 spiro atoms. The third-order valence-electron chi connectivity index (χ3n) is 5.54. The summed E-state index contributed by atoms with van der Waals surface area (Å²) in [5.74, 6) is -1.51. The van der Waals surface area contributed by atoms with Crippen LogP contribution in [0.2, 0.25) is 0 Å². The smallest absolute Gasteiger partial charge is 0.295 e. The highest BCUT2D eigenvalue weighted by Crippen LogP contribution is 2.40. The number of hydrogen-bond donors (Lipinski definition) is 2. The molecule has 0 radical (unpaired) electrons. The van der Waals surface area contributed by atoms with E-state index in [0.717, 1.165) is 10.8 Å². The molecule has 1 fully saturated rings. The van der Waals surface area contributed by atoms with Crippen molar-refractivity contribution in [2.24, 2.45) is 0 Å². The van der Waals surface area contributed by atoms with Gasteiger partial charge in [0, 0.05) is 25.8 Å². The zero-order valence-electron chi connectivity index (χ0n) is 17.1. The van der Waals surface area contributed by atoms with Crippen LogP contribution in [0, 0.1) is 0 Å². The van der Waals surface area contributed by atoms with E-state index in [4.69, 9.17) is 4.74 Å². The Morgan fingerprint density at radius 2 is 1.71 bits per heavy atom. The van der Waals surface area contributed by atoms with Gasteiger partial charge in [0.15, 0.2) is 0 Å². The summed E-state index contributed by atoms with van der Waals surface area (Å²) < 4.78 is 5.09. The number of methoxy groups -OCH3 is 1. The summed E-state index contributed by atoms with van der Waals surface area (Å²) >= 11 is 0. The zero-order valence-corrected chi connectivity index (χ0v) is 17.1. The van der Waals surface area contributed by atoms with Crippen LogP contribution < -0.4 is 0 Å². The summed E-state index contributed by atoms with van der Waals surface area (Å²) in [7, 11) is 1.58. The van der Waals surface area contributed by atoms with E-state index < -0.39 is 17.7 Å². The van der Waals surface area contributed by atoms with E-state index in [0.29, 0.717) is 30.7 Å². The first-order chi connectivity index (χ1) is 15.0. The maximum absolute atomic E-state index is 13.1. The number of likely N-dealkylation sites (tertiary alicyclic amines) is 1. The predicted molar refractivity (Wildman–Crippen MR) is 118 cm³/mol. The molecule has 1 saturated heterocycles. The van der Waals surface area contributed by atoms with Crippen LogP contribution in [-0.4, -0.2) is 47.1 Å². The molecule has 1 aliphatic rings. The molecule has 4 rings (SSSR count). The number of carbonyl (C=O) groups is 2. The SMILES string of the molecule is COCCCN1C(=O)C(=O)/C(=C(\O)c2cccc3ccccc23)C1c1ccc(O)cc1. The van der Waals surface area contributed by atoms with E-state index in [1.54, 1.807) is 25.3 Å². The van der Waals surface area contributed by atoms with Crippen molar-refractivity contribution in [2.45, 2.75) is 12.5 Å². The minimum atomic E-state index is -0.753. The molecule has 1 aliphatic heterocycles. The van der Waals surface area contributed by atoms with Gasteiger partial charge in [0.05, 0.1) is 11.6 Å². The van der Waals surface area contributed by atoms with Gasteiger partial charge in [-0.15, -0.1) is 0 Å². The van der Waals surface area contributed by atoms with Gasteiger partial charge in [-0.05, 0) is 34.9 Å². The van der Waals surface area contributed by atoms with Crippen LogP contribution in [-0.2, 0) is 14.3 Å². The van der Waals surface area contributed by atoms with Crippen molar-refractivity contribution in [3.8, 4) is 5.75 Å². The van der Waals surface area contributed by atoms with Crippen molar-refractivity contribution < 1.29 is 24.5 Å². The molecule has 3 aromatic rings. The van der Waals surface area contributed by atoms with Gasteiger partial charge in [-0.25, -0.2) is 0 Å². The summed E-state index contributed by atoms with van der Waals surface area (Å²) in [5, 5.41) is 22.7. The van der Waals surface area contributed by atoms with Gasteiger partial charge >= 0.3 is 0 Å². The highest BCUT2D eigenvalue weighted by atomic mass is 16.5. The number of carbonyl (C=O) groups excluding carboxylic acids is 2. The highest BCUT2D eigenvalue weighted by Gasteiger charge is 2.45. The Bertz CT molecular complexity index is 1160. The fraction of sp³-hybridized carbons (Fsp3) is 0.200. The van der Waals surface area contributed by atoms with Crippen molar-refractivity contribution in [2.75, 3.05) is 20.3 Å². The van der Waals surface area contributed by atoms with Gasteiger partial charge in [0.1, 0.15) is 11.5 Å². The number of phenolic OH excluding ortho intramolecular Hbond substituents is 1. The van der Waals surface area contributed by atoms with E-state index in [1.807, 2.05) is 36.4 Å². The van der Waals surface area contributed by atoms with Crippen LogP contribution in [0.25, 0.3) is 16.5 Å². The number of benzene rings is 3. The second-order valence-corrected chi connectivity index (χ2v) is 7.46. The van der Waals surface area contributed by atoms with Gasteiger partial charge in [0.25, 0.3) is 11.7 Å². The zero-order chi connectivity index (χ0) is 22.0. The second kappa shape index (κ2) is 8.62. The Hall–Kier alpha value is -3.64. The number of ketones is 1. The van der Waals surface area contributed by atoms with Crippen LogP contribution in [0.3, 0.4) is 0 Å². The molecular formula is C25H23NO5. The summed E-state index contributed by atoms with van der Waals surface area (Å²) in [4.78, 5) is 27.4. The van der Waals surface area contributed by atoms with Gasteiger partial charge in [-0.3, -0.25) is 9.59 Å². The van der Waals surface area contributed by atoms with E-state index in [9.17, 15) is 19.8 Å². The molecule has 0 bridgehead atoms. The summed E-state index contributed by atoms with van der Waals surface area (Å²) in [6.45, 7) is 0.741. The summed E-state index contributed by atoms with van der Waals surface area (Å²) in [5.41, 5.74) is 1.18. The largest absolute Gasteiger partial charge is 0.508 e. The van der Waals surface area contributed by atoms with Crippen molar-refractivity contribution in [1.82, 2.24) is 4.90 Å². The molecule has 1 unspecified atom stereocenters. The Labute approximate surface area is 180 Å². The van der Waals surface area contributed by atoms with Crippen LogP contribution in [0.4, 0.5) is 0 Å². The minimum absolute atomic E-state index is 0.0458. The monoisotopic (exact) mass is 417 g/mol. The summed E-state index contributed by atoms with van der Waals surface area (Å²) in [6.07, 6.45) is 0.548. The lowest BCUT2D eigenvalue weighted by Gasteiger charge is -2.25. The predicted octanol–water partition coefficient (Wildman–Crippen LogP) is 4.00. The molecule has 1 heterocycles. The van der Waals surface area contributed by atoms with Gasteiger partial charge < -0.3 is 19.8 Å². The molecule has 1 atom stereocenters. The van der Waals surface area contributed by atoms with Gasteiger partial charge in [-0.2, -0.15) is 0 Å². The van der Waals surface area contributed by atoms with Gasteiger partial charge in [0.2, 0.25) is 0 Å². The third-order valence-corrected chi connectivity index (χ3v) is 5.54. The average molecular weight is 417 g/mol. The Balaban J connectivity index is 1.89. The average Bonchev–Trinajstić information content (AvgIpc) is 3.04.